The Morgan fingerprint density at radius 3 is 2.39 bits per heavy atom. The summed E-state index contributed by atoms with van der Waals surface area (Å²) in [5, 5.41) is 8.79. The molecular formula is C13H8F2N2O. The molecule has 0 bridgehead atoms. The van der Waals surface area contributed by atoms with Crippen LogP contribution in [0.25, 0.3) is 0 Å². The molecule has 0 aliphatic carbocycles. The van der Waals surface area contributed by atoms with Gasteiger partial charge in [0.1, 0.15) is 23.5 Å². The van der Waals surface area contributed by atoms with Gasteiger partial charge in [0.25, 0.3) is 0 Å². The summed E-state index contributed by atoms with van der Waals surface area (Å²) in [5.74, 6) is -1.34. The Morgan fingerprint density at radius 2 is 1.78 bits per heavy atom. The third-order valence-electron chi connectivity index (χ3n) is 2.25. The second-order valence-corrected chi connectivity index (χ2v) is 3.54. The maximum absolute atomic E-state index is 13.0. The zero-order chi connectivity index (χ0) is 13.1. The maximum Gasteiger partial charge on any atom is 0.151 e. The molecule has 5 heteroatoms. The first-order chi connectivity index (χ1) is 8.60. The largest absolute Gasteiger partial charge is 0.455 e. The van der Waals surface area contributed by atoms with Crippen LogP contribution in [-0.2, 0) is 0 Å². The van der Waals surface area contributed by atoms with Crippen molar-refractivity contribution in [2.45, 2.75) is 0 Å². The Kier molecular flexibility index (Phi) is 3.11. The number of halogens is 2. The Hall–Kier alpha value is -2.61. The Morgan fingerprint density at radius 1 is 1.11 bits per heavy atom. The summed E-state index contributed by atoms with van der Waals surface area (Å²) >= 11 is 0. The van der Waals surface area contributed by atoms with E-state index in [1.54, 1.807) is 6.07 Å². The molecule has 3 nitrogen and oxygen atoms in total. The minimum Gasteiger partial charge on any atom is -0.455 e. The van der Waals surface area contributed by atoms with Crippen molar-refractivity contribution in [3.63, 3.8) is 0 Å². The van der Waals surface area contributed by atoms with Crippen LogP contribution in [0.2, 0.25) is 0 Å². The van der Waals surface area contributed by atoms with Crippen LogP contribution in [0.3, 0.4) is 0 Å². The molecule has 18 heavy (non-hydrogen) atoms. The van der Waals surface area contributed by atoms with E-state index in [2.05, 4.69) is 0 Å². The van der Waals surface area contributed by atoms with Crippen LogP contribution in [0.4, 0.5) is 14.5 Å². The Bertz CT molecular complexity index is 615. The quantitative estimate of drug-likeness (QED) is 0.827. The first-order valence-corrected chi connectivity index (χ1v) is 5.02. The standard InChI is InChI=1S/C13H8F2N2O/c14-9-4-10(15)6-11(5-9)18-12-3-1-2-8(7-16)13(12)17/h1-6H,17H2. The van der Waals surface area contributed by atoms with E-state index in [0.29, 0.717) is 0 Å². The monoisotopic (exact) mass is 246 g/mol. The van der Waals surface area contributed by atoms with Crippen molar-refractivity contribution in [3.8, 4) is 17.6 Å². The highest BCUT2D eigenvalue weighted by Crippen LogP contribution is 2.30. The predicted molar refractivity (Wildman–Crippen MR) is 62.0 cm³/mol. The van der Waals surface area contributed by atoms with Gasteiger partial charge in [-0.05, 0) is 12.1 Å². The highest BCUT2D eigenvalue weighted by Gasteiger charge is 2.08. The molecule has 90 valence electrons. The molecule has 2 aromatic rings. The first-order valence-electron chi connectivity index (χ1n) is 5.02. The van der Waals surface area contributed by atoms with Gasteiger partial charge in [-0.25, -0.2) is 8.78 Å². The molecule has 0 spiro atoms. The fourth-order valence-electron chi connectivity index (χ4n) is 1.44. The van der Waals surface area contributed by atoms with E-state index in [9.17, 15) is 8.78 Å². The second-order valence-electron chi connectivity index (χ2n) is 3.54. The molecule has 0 radical (unpaired) electrons. The number of rotatable bonds is 2. The van der Waals surface area contributed by atoms with Crippen molar-refractivity contribution in [1.82, 2.24) is 0 Å². The van der Waals surface area contributed by atoms with Crippen LogP contribution in [0.1, 0.15) is 5.56 Å². The molecule has 2 rings (SSSR count). The van der Waals surface area contributed by atoms with E-state index in [1.807, 2.05) is 6.07 Å². The van der Waals surface area contributed by atoms with Gasteiger partial charge in [0, 0.05) is 18.2 Å². The normalized spacial score (nSPS) is 9.83. The number of ether oxygens (including phenoxy) is 1. The number of nitrogens with two attached hydrogens (primary N) is 1. The third-order valence-corrected chi connectivity index (χ3v) is 2.25. The lowest BCUT2D eigenvalue weighted by Crippen LogP contribution is -1.95. The molecule has 0 atom stereocenters. The number of para-hydroxylation sites is 1. The average molecular weight is 246 g/mol. The topological polar surface area (TPSA) is 59.0 Å². The van der Waals surface area contributed by atoms with Crippen molar-refractivity contribution < 1.29 is 13.5 Å². The molecule has 0 aliphatic heterocycles. The number of hydrogen-bond acceptors (Lipinski definition) is 3. The molecule has 0 saturated heterocycles. The molecular weight excluding hydrogens is 238 g/mol. The fraction of sp³-hybridized carbons (Fsp3) is 0. The SMILES string of the molecule is N#Cc1cccc(Oc2cc(F)cc(F)c2)c1N. The highest BCUT2D eigenvalue weighted by atomic mass is 19.1. The van der Waals surface area contributed by atoms with Crippen LogP contribution >= 0.6 is 0 Å². The van der Waals surface area contributed by atoms with Crippen LogP contribution in [-0.4, -0.2) is 0 Å². The summed E-state index contributed by atoms with van der Waals surface area (Å²) < 4.78 is 31.2. The van der Waals surface area contributed by atoms with E-state index < -0.39 is 11.6 Å². The van der Waals surface area contributed by atoms with Gasteiger partial charge in [-0.15, -0.1) is 0 Å². The molecule has 0 aliphatic rings. The summed E-state index contributed by atoms with van der Waals surface area (Å²) in [6.07, 6.45) is 0. The maximum atomic E-state index is 13.0. The smallest absolute Gasteiger partial charge is 0.151 e. The number of nitrogen functional groups attached to an aromatic ring is 1. The molecule has 2 aromatic carbocycles. The van der Waals surface area contributed by atoms with E-state index in [-0.39, 0.29) is 22.7 Å². The zero-order valence-corrected chi connectivity index (χ0v) is 9.15. The van der Waals surface area contributed by atoms with Gasteiger partial charge in [-0.1, -0.05) is 6.07 Å². The van der Waals surface area contributed by atoms with Gasteiger partial charge < -0.3 is 10.5 Å². The molecule has 0 amide bonds. The van der Waals surface area contributed by atoms with Crippen molar-refractivity contribution in [2.75, 3.05) is 5.73 Å². The third kappa shape index (κ3) is 2.38. The van der Waals surface area contributed by atoms with Crippen molar-refractivity contribution >= 4 is 5.69 Å². The summed E-state index contributed by atoms with van der Waals surface area (Å²) in [7, 11) is 0. The average Bonchev–Trinajstić information content (AvgIpc) is 2.30. The number of benzene rings is 2. The molecule has 2 N–H and O–H groups in total. The van der Waals surface area contributed by atoms with Gasteiger partial charge in [0.15, 0.2) is 5.75 Å². The minimum absolute atomic E-state index is 0.0192. The molecule has 0 fully saturated rings. The summed E-state index contributed by atoms with van der Waals surface area (Å²) in [6.45, 7) is 0. The fourth-order valence-corrected chi connectivity index (χ4v) is 1.44. The van der Waals surface area contributed by atoms with E-state index >= 15 is 0 Å². The molecule has 0 saturated carbocycles. The number of nitrogens with zero attached hydrogens (tertiary/aromatic N) is 1. The van der Waals surface area contributed by atoms with Gasteiger partial charge in [-0.2, -0.15) is 5.26 Å². The molecule has 0 unspecified atom stereocenters. The number of anilines is 1. The van der Waals surface area contributed by atoms with Gasteiger partial charge in [0.05, 0.1) is 11.3 Å². The summed E-state index contributed by atoms with van der Waals surface area (Å²) in [6, 6.07) is 9.29. The second kappa shape index (κ2) is 4.72. The molecule has 0 aromatic heterocycles. The van der Waals surface area contributed by atoms with Crippen LogP contribution in [0.5, 0.6) is 11.5 Å². The van der Waals surface area contributed by atoms with E-state index in [4.69, 9.17) is 15.7 Å². The Labute approximate surface area is 102 Å². The first kappa shape index (κ1) is 11.9. The highest BCUT2D eigenvalue weighted by molar-refractivity contribution is 5.63. The van der Waals surface area contributed by atoms with E-state index in [0.717, 1.165) is 18.2 Å². The number of hydrogen-bond donors (Lipinski definition) is 1. The van der Waals surface area contributed by atoms with Crippen LogP contribution in [0.15, 0.2) is 36.4 Å². The van der Waals surface area contributed by atoms with Crippen molar-refractivity contribution in [2.24, 2.45) is 0 Å². The Balaban J connectivity index is 2.37. The minimum atomic E-state index is -0.750. The summed E-state index contributed by atoms with van der Waals surface area (Å²) in [4.78, 5) is 0. The van der Waals surface area contributed by atoms with Crippen molar-refractivity contribution in [1.29, 1.82) is 5.26 Å². The predicted octanol–water partition coefficient (Wildman–Crippen LogP) is 3.21. The zero-order valence-electron chi connectivity index (χ0n) is 9.15. The summed E-state index contributed by atoms with van der Waals surface area (Å²) in [5.41, 5.74) is 6.05. The van der Waals surface area contributed by atoms with Crippen molar-refractivity contribution in [3.05, 3.63) is 53.6 Å². The lowest BCUT2D eigenvalue weighted by molar-refractivity contribution is 0.470. The van der Waals surface area contributed by atoms with Gasteiger partial charge in [0.2, 0.25) is 0 Å². The van der Waals surface area contributed by atoms with Crippen LogP contribution < -0.4 is 10.5 Å². The van der Waals surface area contributed by atoms with E-state index in [1.165, 1.54) is 12.1 Å². The van der Waals surface area contributed by atoms with Crippen LogP contribution in [0, 0.1) is 23.0 Å². The lowest BCUT2D eigenvalue weighted by atomic mass is 10.2. The molecule has 0 heterocycles. The van der Waals surface area contributed by atoms with Gasteiger partial charge >= 0.3 is 0 Å². The number of nitriles is 1. The lowest BCUT2D eigenvalue weighted by Gasteiger charge is -2.09. The van der Waals surface area contributed by atoms with Gasteiger partial charge in [-0.3, -0.25) is 0 Å².